The van der Waals surface area contributed by atoms with Gasteiger partial charge in [-0.2, -0.15) is 0 Å². The summed E-state index contributed by atoms with van der Waals surface area (Å²) in [7, 11) is 0. The zero-order valence-electron chi connectivity index (χ0n) is 7.31. The fourth-order valence-corrected chi connectivity index (χ4v) is 1.94. The SMILES string of the molecule is NNCCC1CCCCCC1. The maximum atomic E-state index is 5.23. The zero-order chi connectivity index (χ0) is 7.94. The van der Waals surface area contributed by atoms with Crippen molar-refractivity contribution in [3.05, 3.63) is 0 Å². The van der Waals surface area contributed by atoms with Gasteiger partial charge in [-0.25, -0.2) is 0 Å². The van der Waals surface area contributed by atoms with E-state index in [4.69, 9.17) is 5.84 Å². The molecule has 0 aliphatic heterocycles. The van der Waals surface area contributed by atoms with Gasteiger partial charge in [0.1, 0.15) is 0 Å². The third kappa shape index (κ3) is 3.73. The van der Waals surface area contributed by atoms with Crippen LogP contribution >= 0.6 is 0 Å². The highest BCUT2D eigenvalue weighted by Gasteiger charge is 2.10. The molecule has 1 fully saturated rings. The van der Waals surface area contributed by atoms with Gasteiger partial charge in [-0.1, -0.05) is 38.5 Å². The molecule has 0 heterocycles. The van der Waals surface area contributed by atoms with Crippen LogP contribution in [0.5, 0.6) is 0 Å². The summed E-state index contributed by atoms with van der Waals surface area (Å²) < 4.78 is 0. The number of nitrogens with two attached hydrogens (primary N) is 1. The molecule has 0 radical (unpaired) electrons. The molecule has 3 N–H and O–H groups in total. The van der Waals surface area contributed by atoms with E-state index in [9.17, 15) is 0 Å². The second-order valence-electron chi connectivity index (χ2n) is 3.60. The van der Waals surface area contributed by atoms with Crippen molar-refractivity contribution in [2.75, 3.05) is 6.54 Å². The molecule has 0 saturated heterocycles. The first-order chi connectivity index (χ1) is 5.43. The Morgan fingerprint density at radius 3 is 2.27 bits per heavy atom. The summed E-state index contributed by atoms with van der Waals surface area (Å²) in [5.74, 6) is 6.19. The molecule has 1 rings (SSSR count). The van der Waals surface area contributed by atoms with Crippen molar-refractivity contribution in [1.29, 1.82) is 0 Å². The summed E-state index contributed by atoms with van der Waals surface area (Å²) >= 11 is 0. The largest absolute Gasteiger partial charge is 0.271 e. The van der Waals surface area contributed by atoms with E-state index in [0.29, 0.717) is 0 Å². The molecule has 2 nitrogen and oxygen atoms in total. The van der Waals surface area contributed by atoms with E-state index in [-0.39, 0.29) is 0 Å². The predicted molar refractivity (Wildman–Crippen MR) is 48.0 cm³/mol. The molecule has 0 aromatic carbocycles. The van der Waals surface area contributed by atoms with Crippen molar-refractivity contribution < 1.29 is 0 Å². The number of hydrogen-bond acceptors (Lipinski definition) is 2. The summed E-state index contributed by atoms with van der Waals surface area (Å²) in [6.07, 6.45) is 9.92. The Morgan fingerprint density at radius 1 is 1.09 bits per heavy atom. The summed E-state index contributed by atoms with van der Waals surface area (Å²) in [4.78, 5) is 0. The fraction of sp³-hybridized carbons (Fsp3) is 1.00. The first-order valence-electron chi connectivity index (χ1n) is 4.87. The van der Waals surface area contributed by atoms with Crippen molar-refractivity contribution in [3.63, 3.8) is 0 Å². The minimum absolute atomic E-state index is 0.952. The molecule has 0 spiro atoms. The van der Waals surface area contributed by atoms with E-state index < -0.39 is 0 Å². The van der Waals surface area contributed by atoms with Gasteiger partial charge in [0.25, 0.3) is 0 Å². The Bertz CT molecular complexity index is 85.6. The highest BCUT2D eigenvalue weighted by Crippen LogP contribution is 2.24. The molecule has 1 aliphatic rings. The van der Waals surface area contributed by atoms with Crippen LogP contribution in [0.25, 0.3) is 0 Å². The van der Waals surface area contributed by atoms with E-state index in [0.717, 1.165) is 12.5 Å². The van der Waals surface area contributed by atoms with E-state index in [1.54, 1.807) is 0 Å². The van der Waals surface area contributed by atoms with Gasteiger partial charge in [0, 0.05) is 6.54 Å². The summed E-state index contributed by atoms with van der Waals surface area (Å²) in [6.45, 7) is 0.991. The Labute approximate surface area is 69.5 Å². The zero-order valence-corrected chi connectivity index (χ0v) is 7.31. The van der Waals surface area contributed by atoms with Gasteiger partial charge in [-0.05, 0) is 12.3 Å². The summed E-state index contributed by atoms with van der Waals surface area (Å²) in [6, 6.07) is 0. The van der Waals surface area contributed by atoms with Crippen LogP contribution in [0.4, 0.5) is 0 Å². The molecule has 0 bridgehead atoms. The molecule has 66 valence electrons. The standard InChI is InChI=1S/C9H20N2/c10-11-8-7-9-5-3-1-2-4-6-9/h9,11H,1-8,10H2. The molecule has 0 atom stereocenters. The lowest BCUT2D eigenvalue weighted by Gasteiger charge is -2.12. The maximum absolute atomic E-state index is 5.23. The minimum Gasteiger partial charge on any atom is -0.271 e. The summed E-state index contributed by atoms with van der Waals surface area (Å²) in [5, 5.41) is 0. The van der Waals surface area contributed by atoms with Gasteiger partial charge in [0.2, 0.25) is 0 Å². The number of rotatable bonds is 3. The van der Waals surface area contributed by atoms with Crippen molar-refractivity contribution in [1.82, 2.24) is 5.43 Å². The van der Waals surface area contributed by atoms with Gasteiger partial charge < -0.3 is 0 Å². The minimum atomic E-state index is 0.952. The molecule has 0 aromatic rings. The topological polar surface area (TPSA) is 38.0 Å². The van der Waals surface area contributed by atoms with Crippen LogP contribution in [-0.2, 0) is 0 Å². The average Bonchev–Trinajstić information content (AvgIpc) is 2.28. The Hall–Kier alpha value is -0.0800. The van der Waals surface area contributed by atoms with E-state index in [1.165, 1.54) is 44.9 Å². The van der Waals surface area contributed by atoms with Crippen LogP contribution < -0.4 is 11.3 Å². The van der Waals surface area contributed by atoms with E-state index in [1.807, 2.05) is 0 Å². The number of nitrogens with one attached hydrogen (secondary N) is 1. The predicted octanol–water partition coefficient (Wildman–Crippen LogP) is 1.81. The molecular formula is C9H20N2. The van der Waals surface area contributed by atoms with E-state index >= 15 is 0 Å². The van der Waals surface area contributed by atoms with Crippen molar-refractivity contribution >= 4 is 0 Å². The Balaban J connectivity index is 2.09. The molecular weight excluding hydrogens is 136 g/mol. The Morgan fingerprint density at radius 2 is 1.73 bits per heavy atom. The second-order valence-corrected chi connectivity index (χ2v) is 3.60. The average molecular weight is 156 g/mol. The Kier molecular flexibility index (Phi) is 4.55. The lowest BCUT2D eigenvalue weighted by atomic mass is 9.97. The van der Waals surface area contributed by atoms with Gasteiger partial charge in [0.15, 0.2) is 0 Å². The highest BCUT2D eigenvalue weighted by atomic mass is 15.2. The fourth-order valence-electron chi connectivity index (χ4n) is 1.94. The molecule has 2 heteroatoms. The van der Waals surface area contributed by atoms with Gasteiger partial charge in [-0.15, -0.1) is 0 Å². The van der Waals surface area contributed by atoms with Gasteiger partial charge in [-0.3, -0.25) is 11.3 Å². The number of hydrazine groups is 1. The second kappa shape index (κ2) is 5.56. The van der Waals surface area contributed by atoms with Crippen LogP contribution in [0.2, 0.25) is 0 Å². The van der Waals surface area contributed by atoms with Gasteiger partial charge >= 0.3 is 0 Å². The van der Waals surface area contributed by atoms with Crippen molar-refractivity contribution in [2.24, 2.45) is 11.8 Å². The normalized spacial score (nSPS) is 21.5. The number of hydrogen-bond donors (Lipinski definition) is 2. The van der Waals surface area contributed by atoms with E-state index in [2.05, 4.69) is 5.43 Å². The van der Waals surface area contributed by atoms with Crippen LogP contribution in [0.15, 0.2) is 0 Å². The lowest BCUT2D eigenvalue weighted by molar-refractivity contribution is 0.417. The third-order valence-corrected chi connectivity index (χ3v) is 2.67. The molecule has 0 amide bonds. The maximum Gasteiger partial charge on any atom is 0.01000 e. The van der Waals surface area contributed by atoms with Crippen molar-refractivity contribution in [2.45, 2.75) is 44.9 Å². The third-order valence-electron chi connectivity index (χ3n) is 2.67. The smallest absolute Gasteiger partial charge is 0.01000 e. The van der Waals surface area contributed by atoms with Crippen LogP contribution in [0.1, 0.15) is 44.9 Å². The molecule has 1 saturated carbocycles. The van der Waals surface area contributed by atoms with Crippen molar-refractivity contribution in [3.8, 4) is 0 Å². The highest BCUT2D eigenvalue weighted by molar-refractivity contribution is 4.64. The molecule has 11 heavy (non-hydrogen) atoms. The lowest BCUT2D eigenvalue weighted by Crippen LogP contribution is -2.24. The van der Waals surface area contributed by atoms with Crippen LogP contribution in [0, 0.1) is 5.92 Å². The monoisotopic (exact) mass is 156 g/mol. The summed E-state index contributed by atoms with van der Waals surface area (Å²) in [5.41, 5.74) is 2.74. The molecule has 0 unspecified atom stereocenters. The van der Waals surface area contributed by atoms with Crippen LogP contribution in [0.3, 0.4) is 0 Å². The van der Waals surface area contributed by atoms with Crippen LogP contribution in [-0.4, -0.2) is 6.54 Å². The molecule has 0 aromatic heterocycles. The first kappa shape index (κ1) is 9.01. The molecule has 1 aliphatic carbocycles. The first-order valence-corrected chi connectivity index (χ1v) is 4.87. The van der Waals surface area contributed by atoms with Gasteiger partial charge in [0.05, 0.1) is 0 Å². The quantitative estimate of drug-likeness (QED) is 0.371.